The Kier molecular flexibility index (Phi) is 3.48. The zero-order chi connectivity index (χ0) is 16.7. The van der Waals surface area contributed by atoms with Crippen LogP contribution in [0.3, 0.4) is 0 Å². The molecule has 1 amide bonds. The average molecular weight is 326 g/mol. The summed E-state index contributed by atoms with van der Waals surface area (Å²) in [5.41, 5.74) is 0.369. The number of aromatic nitrogens is 3. The van der Waals surface area contributed by atoms with E-state index >= 15 is 0 Å². The summed E-state index contributed by atoms with van der Waals surface area (Å²) >= 11 is 0. The summed E-state index contributed by atoms with van der Waals surface area (Å²) in [5.74, 6) is 0.698. The molecule has 0 saturated heterocycles. The number of carbonyl (C=O) groups is 1. The number of hydrogen-bond acceptors (Lipinski definition) is 5. The second-order valence-corrected chi connectivity index (χ2v) is 5.99. The summed E-state index contributed by atoms with van der Waals surface area (Å²) < 4.78 is 19.0. The van der Waals surface area contributed by atoms with Crippen molar-refractivity contribution in [2.24, 2.45) is 0 Å². The van der Waals surface area contributed by atoms with Crippen LogP contribution in [0.25, 0.3) is 10.9 Å². The van der Waals surface area contributed by atoms with Gasteiger partial charge in [0.15, 0.2) is 5.82 Å². The van der Waals surface area contributed by atoms with Crippen LogP contribution in [0.4, 0.5) is 4.39 Å². The summed E-state index contributed by atoms with van der Waals surface area (Å²) in [7, 11) is 1.63. The summed E-state index contributed by atoms with van der Waals surface area (Å²) in [6.07, 6.45) is 2.14. The number of nitrogens with zero attached hydrogens (tertiary/aromatic N) is 4. The van der Waals surface area contributed by atoms with Crippen molar-refractivity contribution in [3.63, 3.8) is 0 Å². The molecule has 2 heterocycles. The van der Waals surface area contributed by atoms with Gasteiger partial charge in [-0.3, -0.25) is 4.79 Å². The zero-order valence-electron chi connectivity index (χ0n) is 13.1. The molecular weight excluding hydrogens is 311 g/mol. The highest BCUT2D eigenvalue weighted by atomic mass is 19.1. The van der Waals surface area contributed by atoms with E-state index in [1.54, 1.807) is 31.3 Å². The van der Waals surface area contributed by atoms with Crippen molar-refractivity contribution in [1.82, 2.24) is 20.0 Å². The first-order valence-electron chi connectivity index (χ1n) is 7.75. The summed E-state index contributed by atoms with van der Waals surface area (Å²) in [6.45, 7) is 0.214. The van der Waals surface area contributed by atoms with Crippen LogP contribution in [0.5, 0.6) is 0 Å². The maximum atomic E-state index is 13.8. The quantitative estimate of drug-likeness (QED) is 0.737. The van der Waals surface area contributed by atoms with Crippen LogP contribution in [0.1, 0.15) is 41.0 Å². The summed E-state index contributed by atoms with van der Waals surface area (Å²) in [4.78, 5) is 22.4. The smallest absolute Gasteiger partial charge is 0.272 e. The number of hydrogen-bond donors (Lipinski definition) is 0. The molecule has 1 aliphatic rings. The van der Waals surface area contributed by atoms with Gasteiger partial charge in [-0.15, -0.1) is 0 Å². The first kappa shape index (κ1) is 14.7. The zero-order valence-corrected chi connectivity index (χ0v) is 13.1. The van der Waals surface area contributed by atoms with Crippen molar-refractivity contribution in [2.45, 2.75) is 25.3 Å². The van der Waals surface area contributed by atoms with E-state index in [1.165, 1.54) is 11.0 Å². The molecule has 0 spiro atoms. The van der Waals surface area contributed by atoms with E-state index in [4.69, 9.17) is 4.52 Å². The number of rotatable bonds is 4. The number of carbonyl (C=O) groups excluding carboxylic acids is 1. The predicted molar refractivity (Wildman–Crippen MR) is 83.8 cm³/mol. The standard InChI is InChI=1S/C17H15FN4O2/c1-22(9-14-20-16(24-21-14)11-5-6-11)17(23)13-8-7-10-3-2-4-12(18)15(10)19-13/h2-4,7-8,11H,5-6,9H2,1H3. The minimum Gasteiger partial charge on any atom is -0.339 e. The fourth-order valence-corrected chi connectivity index (χ4v) is 2.54. The molecule has 6 nitrogen and oxygen atoms in total. The minimum atomic E-state index is -0.447. The third kappa shape index (κ3) is 2.73. The Morgan fingerprint density at radius 1 is 1.29 bits per heavy atom. The van der Waals surface area contributed by atoms with Gasteiger partial charge in [-0.05, 0) is 25.0 Å². The molecule has 122 valence electrons. The Labute approximate surface area is 137 Å². The van der Waals surface area contributed by atoms with E-state index < -0.39 is 5.82 Å². The molecule has 0 unspecified atom stereocenters. The Balaban J connectivity index is 1.54. The van der Waals surface area contributed by atoms with Crippen molar-refractivity contribution in [2.75, 3.05) is 7.05 Å². The molecule has 7 heteroatoms. The number of amides is 1. The van der Waals surface area contributed by atoms with Gasteiger partial charge in [-0.25, -0.2) is 9.37 Å². The van der Waals surface area contributed by atoms with Gasteiger partial charge in [-0.2, -0.15) is 4.98 Å². The van der Waals surface area contributed by atoms with Gasteiger partial charge in [0, 0.05) is 18.4 Å². The van der Waals surface area contributed by atoms with Gasteiger partial charge >= 0.3 is 0 Å². The lowest BCUT2D eigenvalue weighted by atomic mass is 10.2. The minimum absolute atomic E-state index is 0.181. The van der Waals surface area contributed by atoms with Crippen molar-refractivity contribution >= 4 is 16.8 Å². The molecule has 3 aromatic rings. The monoisotopic (exact) mass is 326 g/mol. The summed E-state index contributed by atoms with van der Waals surface area (Å²) in [5, 5.41) is 4.55. The molecule has 1 fully saturated rings. The normalized spacial score (nSPS) is 14.1. The molecule has 1 saturated carbocycles. The highest BCUT2D eigenvalue weighted by Crippen LogP contribution is 2.38. The van der Waals surface area contributed by atoms with Gasteiger partial charge in [0.1, 0.15) is 17.0 Å². The van der Waals surface area contributed by atoms with E-state index in [-0.39, 0.29) is 23.7 Å². The van der Waals surface area contributed by atoms with Crippen LogP contribution in [-0.4, -0.2) is 33.0 Å². The van der Waals surface area contributed by atoms with Crippen LogP contribution in [0, 0.1) is 5.82 Å². The van der Waals surface area contributed by atoms with Gasteiger partial charge in [0.05, 0.1) is 6.54 Å². The lowest BCUT2D eigenvalue weighted by Crippen LogP contribution is -2.27. The number of para-hydroxylation sites is 1. The Morgan fingerprint density at radius 2 is 2.12 bits per heavy atom. The lowest BCUT2D eigenvalue weighted by Gasteiger charge is -2.14. The number of pyridine rings is 1. The highest BCUT2D eigenvalue weighted by Gasteiger charge is 2.30. The maximum Gasteiger partial charge on any atom is 0.272 e. The van der Waals surface area contributed by atoms with E-state index in [1.807, 2.05) is 0 Å². The molecule has 0 radical (unpaired) electrons. The lowest BCUT2D eigenvalue weighted by molar-refractivity contribution is 0.0775. The first-order chi connectivity index (χ1) is 11.6. The molecule has 24 heavy (non-hydrogen) atoms. The van der Waals surface area contributed by atoms with Crippen molar-refractivity contribution in [3.8, 4) is 0 Å². The van der Waals surface area contributed by atoms with Crippen LogP contribution < -0.4 is 0 Å². The van der Waals surface area contributed by atoms with Crippen LogP contribution in [0.2, 0.25) is 0 Å². The molecule has 1 aliphatic carbocycles. The van der Waals surface area contributed by atoms with Crippen LogP contribution in [0.15, 0.2) is 34.9 Å². The number of halogens is 1. The van der Waals surface area contributed by atoms with E-state index in [0.717, 1.165) is 12.8 Å². The molecule has 0 bridgehead atoms. The molecule has 1 aromatic carbocycles. The van der Waals surface area contributed by atoms with Gasteiger partial charge < -0.3 is 9.42 Å². The summed E-state index contributed by atoms with van der Waals surface area (Å²) in [6, 6.07) is 7.97. The van der Waals surface area contributed by atoms with Crippen LogP contribution in [-0.2, 0) is 6.54 Å². The van der Waals surface area contributed by atoms with Crippen molar-refractivity contribution in [3.05, 3.63) is 53.6 Å². The number of benzene rings is 1. The average Bonchev–Trinajstić information content (AvgIpc) is 3.34. The van der Waals surface area contributed by atoms with Gasteiger partial charge in [-0.1, -0.05) is 23.4 Å². The van der Waals surface area contributed by atoms with Gasteiger partial charge in [0.2, 0.25) is 5.89 Å². The van der Waals surface area contributed by atoms with Crippen molar-refractivity contribution < 1.29 is 13.7 Å². The molecule has 4 rings (SSSR count). The fourth-order valence-electron chi connectivity index (χ4n) is 2.54. The Morgan fingerprint density at radius 3 is 2.92 bits per heavy atom. The Bertz CT molecular complexity index is 920. The molecule has 0 atom stereocenters. The van der Waals surface area contributed by atoms with Crippen LogP contribution >= 0.6 is 0 Å². The van der Waals surface area contributed by atoms with E-state index in [9.17, 15) is 9.18 Å². The molecule has 2 aromatic heterocycles. The highest BCUT2D eigenvalue weighted by molar-refractivity contribution is 5.94. The van der Waals surface area contributed by atoms with Gasteiger partial charge in [0.25, 0.3) is 5.91 Å². The molecule has 0 N–H and O–H groups in total. The second kappa shape index (κ2) is 5.67. The number of fused-ring (bicyclic) bond motifs is 1. The topological polar surface area (TPSA) is 72.1 Å². The van der Waals surface area contributed by atoms with Crippen molar-refractivity contribution in [1.29, 1.82) is 0 Å². The van der Waals surface area contributed by atoms with E-state index in [2.05, 4.69) is 15.1 Å². The Hall–Kier alpha value is -2.83. The second-order valence-electron chi connectivity index (χ2n) is 5.99. The van der Waals surface area contributed by atoms with E-state index in [0.29, 0.717) is 23.0 Å². The fraction of sp³-hybridized carbons (Fsp3) is 0.294. The largest absolute Gasteiger partial charge is 0.339 e. The third-order valence-electron chi connectivity index (χ3n) is 4.03. The maximum absolute atomic E-state index is 13.8. The molecule has 0 aliphatic heterocycles. The first-order valence-corrected chi connectivity index (χ1v) is 7.75. The SMILES string of the molecule is CN(Cc1noc(C2CC2)n1)C(=O)c1ccc2cccc(F)c2n1. The predicted octanol–water partition coefficient (Wildman–Crippen LogP) is 2.91. The third-order valence-corrected chi connectivity index (χ3v) is 4.03. The molecular formula is C17H15FN4O2.